The number of nitrogens with one attached hydrogen (secondary N) is 2. The minimum absolute atomic E-state index is 0.0929. The van der Waals surface area contributed by atoms with Crippen molar-refractivity contribution >= 4 is 29.8 Å². The Bertz CT molecular complexity index is 1480. The lowest BCUT2D eigenvalue weighted by Gasteiger charge is -2.26. The first kappa shape index (κ1) is 23.5. The van der Waals surface area contributed by atoms with Gasteiger partial charge in [-0.15, -0.1) is 0 Å². The fourth-order valence-corrected chi connectivity index (χ4v) is 6.34. The largest absolute Gasteiger partial charge is 0.379 e. The Morgan fingerprint density at radius 2 is 1.89 bits per heavy atom. The van der Waals surface area contributed by atoms with E-state index in [1.807, 2.05) is 29.2 Å². The van der Waals surface area contributed by atoms with E-state index in [1.165, 1.54) is 17.7 Å². The number of para-hydroxylation sites is 1. The van der Waals surface area contributed by atoms with Crippen molar-refractivity contribution < 1.29 is 18.3 Å². The fourth-order valence-electron chi connectivity index (χ4n) is 6.34. The second-order valence-corrected chi connectivity index (χ2v) is 10.6. The van der Waals surface area contributed by atoms with E-state index in [0.717, 1.165) is 47.5 Å². The molecule has 1 aromatic heterocycles. The highest BCUT2D eigenvalue weighted by Crippen LogP contribution is 2.63. The van der Waals surface area contributed by atoms with Crippen molar-refractivity contribution in [3.05, 3.63) is 87.2 Å². The van der Waals surface area contributed by atoms with Gasteiger partial charge in [0.2, 0.25) is 5.91 Å². The molecule has 3 aromatic rings. The van der Waals surface area contributed by atoms with Gasteiger partial charge in [0.1, 0.15) is 11.6 Å². The molecule has 2 fully saturated rings. The lowest BCUT2D eigenvalue weighted by atomic mass is 9.86. The number of morpholine rings is 1. The minimum atomic E-state index is -0.538. The molecule has 0 radical (unpaired) electrons. The molecule has 7 rings (SSSR count). The number of hydrogen-bond acceptors (Lipinski definition) is 4. The molecule has 38 heavy (non-hydrogen) atoms. The van der Waals surface area contributed by atoms with Crippen LogP contribution < -0.4 is 5.32 Å². The van der Waals surface area contributed by atoms with Crippen LogP contribution in [0.1, 0.15) is 46.5 Å². The average Bonchev–Trinajstić information content (AvgIpc) is 3.46. The van der Waals surface area contributed by atoms with Gasteiger partial charge < -0.3 is 10.1 Å². The van der Waals surface area contributed by atoms with Crippen LogP contribution in [0.3, 0.4) is 0 Å². The first-order valence-corrected chi connectivity index (χ1v) is 13.2. The van der Waals surface area contributed by atoms with E-state index in [0.29, 0.717) is 31.9 Å². The monoisotopic (exact) mass is 514 g/mol. The van der Waals surface area contributed by atoms with Crippen molar-refractivity contribution in [1.29, 1.82) is 0 Å². The van der Waals surface area contributed by atoms with Crippen LogP contribution in [0.4, 0.5) is 14.5 Å². The summed E-state index contributed by atoms with van der Waals surface area (Å²) < 4.78 is 34.9. The molecule has 8 heteroatoms. The number of H-pyrrole nitrogens is 1. The van der Waals surface area contributed by atoms with Crippen LogP contribution in [0, 0.1) is 17.6 Å². The Hall–Kier alpha value is -3.62. The van der Waals surface area contributed by atoms with Crippen molar-refractivity contribution in [2.75, 3.05) is 31.6 Å². The van der Waals surface area contributed by atoms with Gasteiger partial charge in [-0.1, -0.05) is 29.8 Å². The number of carbonyl (C=O) groups excluding carboxylic acids is 1. The van der Waals surface area contributed by atoms with Gasteiger partial charge in [-0.25, -0.2) is 8.78 Å². The number of rotatable bonds is 5. The Balaban J connectivity index is 1.09. The number of halogens is 2. The Morgan fingerprint density at radius 3 is 2.71 bits per heavy atom. The number of nitrogens with zero attached hydrogens (tertiary/aromatic N) is 2. The van der Waals surface area contributed by atoms with E-state index in [-0.39, 0.29) is 23.9 Å². The van der Waals surface area contributed by atoms with E-state index in [1.54, 1.807) is 6.08 Å². The van der Waals surface area contributed by atoms with Gasteiger partial charge in [-0.2, -0.15) is 5.10 Å². The summed E-state index contributed by atoms with van der Waals surface area (Å²) in [5.41, 5.74) is 6.20. The average molecular weight is 515 g/mol. The van der Waals surface area contributed by atoms with Crippen molar-refractivity contribution in [2.45, 2.75) is 31.2 Å². The molecule has 0 bridgehead atoms. The second-order valence-electron chi connectivity index (χ2n) is 10.6. The lowest BCUT2D eigenvalue weighted by molar-refractivity contribution is -0.118. The summed E-state index contributed by atoms with van der Waals surface area (Å²) in [6.45, 7) is 2.74. The summed E-state index contributed by atoms with van der Waals surface area (Å²) in [5, 5.41) is 10.6. The van der Waals surface area contributed by atoms with E-state index in [9.17, 15) is 13.6 Å². The molecule has 0 unspecified atom stereocenters. The number of ether oxygens (including phenoxy) is 1. The number of allylic oxidation sites excluding steroid dienone is 1. The van der Waals surface area contributed by atoms with Crippen molar-refractivity contribution in [1.82, 2.24) is 15.1 Å². The van der Waals surface area contributed by atoms with Crippen LogP contribution in [-0.2, 0) is 27.9 Å². The van der Waals surface area contributed by atoms with Crippen LogP contribution in [0.5, 0.6) is 0 Å². The quantitative estimate of drug-likeness (QED) is 0.507. The molecule has 4 aliphatic rings. The topological polar surface area (TPSA) is 70.2 Å². The standard InChI is InChI=1S/C30H28F2N4O2/c31-24-13-18(14-25(32)21(24)17-36-9-11-38-12-10-36)5-8-26-20-7-6-19(15-28(20)35-34-26)23-16-30(23)22-3-1-2-4-27(22)33-29(30)37/h1-5,8,13-15,23H,6-7,9-12,16-17H2,(H,33,37)(H,34,35)/b8-5+/t23-,30-/m0/s1. The number of amides is 1. The predicted octanol–water partition coefficient (Wildman–Crippen LogP) is 4.93. The second kappa shape index (κ2) is 8.99. The van der Waals surface area contributed by atoms with E-state index in [2.05, 4.69) is 27.7 Å². The molecule has 1 amide bonds. The maximum atomic E-state index is 14.8. The van der Waals surface area contributed by atoms with Crippen molar-refractivity contribution in [3.63, 3.8) is 0 Å². The molecular formula is C30H28F2N4O2. The van der Waals surface area contributed by atoms with Gasteiger partial charge >= 0.3 is 0 Å². The smallest absolute Gasteiger partial charge is 0.235 e. The SMILES string of the molecule is O=C1Nc2ccccc2[C@]12C[C@H]2C1=Cc2[nH]nc(/C=C/c3cc(F)c(CN4CCOCC4)c(F)c3)c2CC1. The van der Waals surface area contributed by atoms with Crippen LogP contribution in [0.2, 0.25) is 0 Å². The third-order valence-corrected chi connectivity index (χ3v) is 8.48. The van der Waals surface area contributed by atoms with Gasteiger partial charge in [0, 0.05) is 42.4 Å². The Kier molecular flexibility index (Phi) is 5.56. The molecule has 1 spiro atoms. The van der Waals surface area contributed by atoms with Gasteiger partial charge in [-0.3, -0.25) is 14.8 Å². The number of hydrogen-bond donors (Lipinski definition) is 2. The number of fused-ring (bicyclic) bond motifs is 3. The van der Waals surface area contributed by atoms with Crippen LogP contribution in [0.25, 0.3) is 18.2 Å². The van der Waals surface area contributed by atoms with Gasteiger partial charge in [0.25, 0.3) is 0 Å². The molecule has 6 nitrogen and oxygen atoms in total. The van der Waals surface area contributed by atoms with E-state index >= 15 is 0 Å². The Labute approximate surface area is 219 Å². The normalized spacial score (nSPS) is 24.4. The minimum Gasteiger partial charge on any atom is -0.379 e. The maximum Gasteiger partial charge on any atom is 0.235 e. The summed E-state index contributed by atoms with van der Waals surface area (Å²) in [6.07, 6.45) is 8.13. The zero-order valence-corrected chi connectivity index (χ0v) is 20.9. The third kappa shape index (κ3) is 3.82. The number of aromatic amines is 1. The van der Waals surface area contributed by atoms with Crippen LogP contribution in [-0.4, -0.2) is 47.3 Å². The molecule has 3 heterocycles. The van der Waals surface area contributed by atoms with E-state index < -0.39 is 17.0 Å². The van der Waals surface area contributed by atoms with Crippen molar-refractivity contribution in [2.24, 2.45) is 5.92 Å². The third-order valence-electron chi connectivity index (χ3n) is 8.48. The molecule has 1 saturated carbocycles. The van der Waals surface area contributed by atoms with Crippen LogP contribution in [0.15, 0.2) is 42.0 Å². The Morgan fingerprint density at radius 1 is 1.11 bits per heavy atom. The molecule has 1 saturated heterocycles. The first-order valence-electron chi connectivity index (χ1n) is 13.2. The number of aromatic nitrogens is 2. The maximum absolute atomic E-state index is 14.8. The number of anilines is 1. The summed E-state index contributed by atoms with van der Waals surface area (Å²) in [5.74, 6) is -0.783. The molecule has 2 atom stereocenters. The highest BCUT2D eigenvalue weighted by Gasteiger charge is 2.65. The molecule has 194 valence electrons. The van der Waals surface area contributed by atoms with Gasteiger partial charge in [0.05, 0.1) is 30.0 Å². The number of carbonyl (C=O) groups is 1. The molecular weight excluding hydrogens is 486 g/mol. The summed E-state index contributed by atoms with van der Waals surface area (Å²) in [7, 11) is 0. The van der Waals surface area contributed by atoms with Gasteiger partial charge in [-0.05, 0) is 60.7 Å². The molecule has 2 aliphatic carbocycles. The fraction of sp³-hybridized carbons (Fsp3) is 0.333. The van der Waals surface area contributed by atoms with E-state index in [4.69, 9.17) is 4.74 Å². The molecule has 2 aromatic carbocycles. The highest BCUT2D eigenvalue weighted by molar-refractivity contribution is 6.09. The van der Waals surface area contributed by atoms with Crippen molar-refractivity contribution in [3.8, 4) is 0 Å². The zero-order valence-electron chi connectivity index (χ0n) is 20.9. The highest BCUT2D eigenvalue weighted by atomic mass is 19.1. The number of benzene rings is 2. The van der Waals surface area contributed by atoms with Gasteiger partial charge in [0.15, 0.2) is 0 Å². The first-order chi connectivity index (χ1) is 18.5. The molecule has 2 aliphatic heterocycles. The predicted molar refractivity (Wildman–Crippen MR) is 141 cm³/mol. The zero-order chi connectivity index (χ0) is 25.9. The molecule has 2 N–H and O–H groups in total. The summed E-state index contributed by atoms with van der Waals surface area (Å²) in [4.78, 5) is 14.9. The summed E-state index contributed by atoms with van der Waals surface area (Å²) >= 11 is 0. The van der Waals surface area contributed by atoms with Crippen LogP contribution >= 0.6 is 0 Å². The summed E-state index contributed by atoms with van der Waals surface area (Å²) in [6, 6.07) is 10.7. The lowest BCUT2D eigenvalue weighted by Crippen LogP contribution is -2.36.